The Morgan fingerprint density at radius 3 is 2.50 bits per heavy atom. The van der Waals surface area contributed by atoms with Crippen molar-refractivity contribution < 1.29 is 15.0 Å². The van der Waals surface area contributed by atoms with Crippen LogP contribution in [-0.4, -0.2) is 28.2 Å². The van der Waals surface area contributed by atoms with E-state index in [0.29, 0.717) is 35.5 Å². The van der Waals surface area contributed by atoms with E-state index in [1.807, 2.05) is 0 Å². The molecule has 0 aliphatic heterocycles. The zero-order valence-electron chi connectivity index (χ0n) is 13.9. The van der Waals surface area contributed by atoms with E-state index in [1.54, 1.807) is 0 Å². The second-order valence-electron chi connectivity index (χ2n) is 9.16. The Hall–Kier alpha value is -0.410. The summed E-state index contributed by atoms with van der Waals surface area (Å²) in [5.41, 5.74) is 0.0814. The highest BCUT2D eigenvalue weighted by molar-refractivity contribution is 5.91. The number of fused-ring (bicyclic) bond motifs is 5. The minimum atomic E-state index is -0.715. The molecule has 0 saturated heterocycles. The van der Waals surface area contributed by atoms with Crippen molar-refractivity contribution in [2.75, 3.05) is 0 Å². The van der Waals surface area contributed by atoms with Gasteiger partial charge in [0.1, 0.15) is 6.10 Å². The summed E-state index contributed by atoms with van der Waals surface area (Å²) in [6.07, 6.45) is 7.43. The molecule has 3 nitrogen and oxygen atoms in total. The van der Waals surface area contributed by atoms with Crippen LogP contribution < -0.4 is 0 Å². The summed E-state index contributed by atoms with van der Waals surface area (Å²) in [6.45, 7) is 4.57. The topological polar surface area (TPSA) is 57.5 Å². The zero-order chi connectivity index (χ0) is 15.7. The van der Waals surface area contributed by atoms with Gasteiger partial charge in [-0.05, 0) is 80.5 Å². The van der Waals surface area contributed by atoms with E-state index in [0.717, 1.165) is 32.1 Å². The lowest BCUT2D eigenvalue weighted by atomic mass is 9.45. The second-order valence-corrected chi connectivity index (χ2v) is 9.16. The van der Waals surface area contributed by atoms with Gasteiger partial charge in [0.05, 0.1) is 6.10 Å². The molecule has 0 bridgehead atoms. The third kappa shape index (κ3) is 1.84. The maximum absolute atomic E-state index is 12.5. The monoisotopic (exact) mass is 306 g/mol. The van der Waals surface area contributed by atoms with Crippen LogP contribution in [0.25, 0.3) is 0 Å². The van der Waals surface area contributed by atoms with Crippen LogP contribution in [0.4, 0.5) is 0 Å². The third-order valence-corrected chi connectivity index (χ3v) is 8.37. The lowest BCUT2D eigenvalue weighted by Crippen LogP contribution is -2.54. The van der Waals surface area contributed by atoms with Crippen molar-refractivity contribution in [2.45, 2.75) is 77.4 Å². The molecule has 4 aliphatic rings. The molecule has 2 N–H and O–H groups in total. The van der Waals surface area contributed by atoms with E-state index in [4.69, 9.17) is 0 Å². The summed E-state index contributed by atoms with van der Waals surface area (Å²) in [5.74, 6) is 2.45. The molecular formula is C19H30O3. The van der Waals surface area contributed by atoms with Crippen molar-refractivity contribution in [1.29, 1.82) is 0 Å². The van der Waals surface area contributed by atoms with Crippen molar-refractivity contribution in [3.8, 4) is 0 Å². The number of carbonyl (C=O) groups excluding carboxylic acids is 1. The van der Waals surface area contributed by atoms with Gasteiger partial charge in [0.2, 0.25) is 0 Å². The molecule has 4 rings (SSSR count). The van der Waals surface area contributed by atoms with Gasteiger partial charge in [-0.25, -0.2) is 0 Å². The normalized spacial score (nSPS) is 57.9. The molecule has 3 heteroatoms. The summed E-state index contributed by atoms with van der Waals surface area (Å²) >= 11 is 0. The molecule has 0 radical (unpaired) electrons. The first kappa shape index (κ1) is 15.1. The van der Waals surface area contributed by atoms with E-state index < -0.39 is 6.10 Å². The fourth-order valence-electron chi connectivity index (χ4n) is 7.02. The van der Waals surface area contributed by atoms with Crippen molar-refractivity contribution in [3.05, 3.63) is 0 Å². The zero-order valence-corrected chi connectivity index (χ0v) is 13.9. The number of hydrogen-bond donors (Lipinski definition) is 2. The molecule has 0 aromatic carbocycles. The standard InChI is InChI=1S/C19H30O3/c1-18-7-5-12(20)9-11(18)3-4-13-14(18)6-8-19(2)15(13)10-16(21)17(19)22/h11-16,20-21H,3-10H2,1-2H3/t11-,12-,13+,14-,15-,16-,18-,19-/m0/s1. The van der Waals surface area contributed by atoms with Crippen LogP contribution in [0.3, 0.4) is 0 Å². The first-order chi connectivity index (χ1) is 10.4. The molecule has 0 aromatic rings. The smallest absolute Gasteiger partial charge is 0.167 e. The Kier molecular flexibility index (Phi) is 3.30. The SMILES string of the molecule is C[C@]12CC[C@H](O)C[C@@H]1CC[C@@H]1[C@@H]2CC[C@]2(C)C(=O)[C@@H](O)C[C@@H]12. The third-order valence-electron chi connectivity index (χ3n) is 8.37. The van der Waals surface area contributed by atoms with Crippen LogP contribution in [0.2, 0.25) is 0 Å². The van der Waals surface area contributed by atoms with Gasteiger partial charge in [0.25, 0.3) is 0 Å². The summed E-state index contributed by atoms with van der Waals surface area (Å²) in [4.78, 5) is 12.5. The molecular weight excluding hydrogens is 276 g/mol. The van der Waals surface area contributed by atoms with Crippen LogP contribution in [0.15, 0.2) is 0 Å². The molecule has 4 aliphatic carbocycles. The summed E-state index contributed by atoms with van der Waals surface area (Å²) in [7, 11) is 0. The Labute approximate surface area is 133 Å². The summed E-state index contributed by atoms with van der Waals surface area (Å²) < 4.78 is 0. The van der Waals surface area contributed by atoms with Gasteiger partial charge in [-0.2, -0.15) is 0 Å². The number of aliphatic hydroxyl groups excluding tert-OH is 2. The van der Waals surface area contributed by atoms with Crippen LogP contribution in [0.5, 0.6) is 0 Å². The van der Waals surface area contributed by atoms with Crippen molar-refractivity contribution in [3.63, 3.8) is 0 Å². The highest BCUT2D eigenvalue weighted by Gasteiger charge is 2.62. The van der Waals surface area contributed by atoms with Crippen LogP contribution in [-0.2, 0) is 4.79 Å². The molecule has 4 fully saturated rings. The Morgan fingerprint density at radius 1 is 0.955 bits per heavy atom. The molecule has 22 heavy (non-hydrogen) atoms. The fourth-order valence-corrected chi connectivity index (χ4v) is 7.02. The van der Waals surface area contributed by atoms with Gasteiger partial charge in [-0.1, -0.05) is 13.8 Å². The summed E-state index contributed by atoms with van der Waals surface area (Å²) in [6, 6.07) is 0. The fraction of sp³-hybridized carbons (Fsp3) is 0.947. The predicted octanol–water partition coefficient (Wildman–Crippen LogP) is 2.93. The molecule has 0 spiro atoms. The average molecular weight is 306 g/mol. The molecule has 0 amide bonds. The Morgan fingerprint density at radius 2 is 1.73 bits per heavy atom. The number of rotatable bonds is 0. The number of hydrogen-bond acceptors (Lipinski definition) is 3. The minimum Gasteiger partial charge on any atom is -0.393 e. The average Bonchev–Trinajstić information content (AvgIpc) is 2.72. The van der Waals surface area contributed by atoms with Crippen LogP contribution >= 0.6 is 0 Å². The van der Waals surface area contributed by atoms with Crippen molar-refractivity contribution in [2.24, 2.45) is 34.5 Å². The molecule has 0 unspecified atom stereocenters. The number of carbonyl (C=O) groups is 1. The number of aliphatic hydroxyl groups is 2. The van der Waals surface area contributed by atoms with Gasteiger partial charge in [-0.15, -0.1) is 0 Å². The lowest BCUT2D eigenvalue weighted by Gasteiger charge is -2.59. The van der Waals surface area contributed by atoms with Gasteiger partial charge >= 0.3 is 0 Å². The summed E-state index contributed by atoms with van der Waals surface area (Å²) in [5, 5.41) is 20.2. The molecule has 124 valence electrons. The Bertz CT molecular complexity index is 489. The Balaban J connectivity index is 1.64. The largest absolute Gasteiger partial charge is 0.393 e. The van der Waals surface area contributed by atoms with Gasteiger partial charge in [0, 0.05) is 5.41 Å². The lowest BCUT2D eigenvalue weighted by molar-refractivity contribution is -0.144. The highest BCUT2D eigenvalue weighted by atomic mass is 16.3. The number of ketones is 1. The van der Waals surface area contributed by atoms with Gasteiger partial charge < -0.3 is 10.2 Å². The second kappa shape index (κ2) is 4.80. The van der Waals surface area contributed by atoms with E-state index in [1.165, 1.54) is 12.8 Å². The quantitative estimate of drug-likeness (QED) is 0.723. The highest BCUT2D eigenvalue weighted by Crippen LogP contribution is 2.65. The van der Waals surface area contributed by atoms with Crippen LogP contribution in [0.1, 0.15) is 65.2 Å². The molecule has 0 heterocycles. The van der Waals surface area contributed by atoms with Crippen LogP contribution in [0, 0.1) is 34.5 Å². The van der Waals surface area contributed by atoms with E-state index in [9.17, 15) is 15.0 Å². The molecule has 4 saturated carbocycles. The number of Topliss-reactive ketones (excluding diaryl/α,β-unsaturated/α-hetero) is 1. The van der Waals surface area contributed by atoms with E-state index in [2.05, 4.69) is 13.8 Å². The maximum Gasteiger partial charge on any atom is 0.167 e. The molecule has 0 aromatic heterocycles. The molecule has 8 atom stereocenters. The first-order valence-electron chi connectivity index (χ1n) is 9.26. The van der Waals surface area contributed by atoms with Gasteiger partial charge in [-0.3, -0.25) is 4.79 Å². The maximum atomic E-state index is 12.5. The minimum absolute atomic E-state index is 0.0987. The first-order valence-corrected chi connectivity index (χ1v) is 9.26. The predicted molar refractivity (Wildman–Crippen MR) is 84.1 cm³/mol. The van der Waals surface area contributed by atoms with Gasteiger partial charge in [0.15, 0.2) is 5.78 Å². The van der Waals surface area contributed by atoms with E-state index >= 15 is 0 Å². The van der Waals surface area contributed by atoms with Crippen molar-refractivity contribution >= 4 is 5.78 Å². The van der Waals surface area contributed by atoms with E-state index in [-0.39, 0.29) is 17.3 Å². The van der Waals surface area contributed by atoms with Crippen molar-refractivity contribution in [1.82, 2.24) is 0 Å².